The number of carbonyl (C=O) groups is 2. The Bertz CT molecular complexity index is 851. The van der Waals surface area contributed by atoms with Gasteiger partial charge in [0.25, 0.3) is 0 Å². The van der Waals surface area contributed by atoms with Crippen LogP contribution in [-0.2, 0) is 14.3 Å². The number of ether oxygens (including phenoxy) is 1. The second kappa shape index (κ2) is 6.46. The summed E-state index contributed by atoms with van der Waals surface area (Å²) >= 11 is 0. The Hall–Kier alpha value is -3.03. The van der Waals surface area contributed by atoms with Crippen LogP contribution in [0.5, 0.6) is 0 Å². The van der Waals surface area contributed by atoms with Crippen molar-refractivity contribution in [3.05, 3.63) is 46.7 Å². The summed E-state index contributed by atoms with van der Waals surface area (Å²) in [6.07, 6.45) is 0. The molecule has 0 aliphatic carbocycles. The van der Waals surface area contributed by atoms with Gasteiger partial charge in [0.05, 0.1) is 12.7 Å². The van der Waals surface area contributed by atoms with E-state index in [9.17, 15) is 9.59 Å². The number of ketones is 1. The summed E-state index contributed by atoms with van der Waals surface area (Å²) in [4.78, 5) is 24.5. The van der Waals surface area contributed by atoms with Gasteiger partial charge in [-0.3, -0.25) is 4.79 Å². The first-order valence-electron chi connectivity index (χ1n) is 7.92. The van der Waals surface area contributed by atoms with Gasteiger partial charge in [-0.05, 0) is 34.4 Å². The number of aromatic nitrogens is 4. The Morgan fingerprint density at radius 2 is 1.92 bits per heavy atom. The molecule has 2 aromatic rings. The van der Waals surface area contributed by atoms with Gasteiger partial charge in [-0.2, -0.15) is 4.68 Å². The average molecular weight is 341 g/mol. The predicted octanol–water partition coefficient (Wildman–Crippen LogP) is 1.83. The highest BCUT2D eigenvalue weighted by Gasteiger charge is 2.36. The van der Waals surface area contributed by atoms with Crippen molar-refractivity contribution in [2.75, 3.05) is 12.4 Å². The molecular weight excluding hydrogens is 322 g/mol. The molecular formula is C17H19N5O3. The minimum atomic E-state index is -0.636. The lowest BCUT2D eigenvalue weighted by Crippen LogP contribution is -2.32. The second-order valence-corrected chi connectivity index (χ2v) is 6.13. The van der Waals surface area contributed by atoms with E-state index < -0.39 is 12.0 Å². The van der Waals surface area contributed by atoms with Crippen LogP contribution < -0.4 is 5.32 Å². The van der Waals surface area contributed by atoms with Crippen LogP contribution in [0.3, 0.4) is 0 Å². The molecule has 0 amide bonds. The Morgan fingerprint density at radius 1 is 1.24 bits per heavy atom. The number of hydrogen-bond acceptors (Lipinski definition) is 7. The molecule has 0 fully saturated rings. The molecule has 8 heteroatoms. The molecule has 8 nitrogen and oxygen atoms in total. The van der Waals surface area contributed by atoms with Gasteiger partial charge >= 0.3 is 5.97 Å². The lowest BCUT2D eigenvalue weighted by atomic mass is 9.91. The van der Waals surface area contributed by atoms with Crippen LogP contribution in [0.25, 0.3) is 0 Å². The van der Waals surface area contributed by atoms with E-state index in [0.29, 0.717) is 5.92 Å². The van der Waals surface area contributed by atoms with Gasteiger partial charge in [-0.25, -0.2) is 4.79 Å². The van der Waals surface area contributed by atoms with Crippen LogP contribution in [-0.4, -0.2) is 39.1 Å². The number of nitrogens with one attached hydrogen (secondary N) is 1. The fraction of sp³-hybridized carbons (Fsp3) is 0.353. The minimum absolute atomic E-state index is 0.0650. The maximum absolute atomic E-state index is 12.3. The predicted molar refractivity (Wildman–Crippen MR) is 89.8 cm³/mol. The summed E-state index contributed by atoms with van der Waals surface area (Å²) in [7, 11) is 1.26. The SMILES string of the molecule is COC(=O)C1=C(C(C)=O)C(c2ccc(C(C)C)cc2)n2nnnc2N1. The third-order valence-electron chi connectivity index (χ3n) is 4.20. The summed E-state index contributed by atoms with van der Waals surface area (Å²) in [6, 6.07) is 7.26. The zero-order valence-electron chi connectivity index (χ0n) is 14.5. The van der Waals surface area contributed by atoms with Gasteiger partial charge < -0.3 is 10.1 Å². The zero-order chi connectivity index (χ0) is 18.1. The molecule has 1 atom stereocenters. The molecule has 1 N–H and O–H groups in total. The molecule has 0 radical (unpaired) electrons. The third kappa shape index (κ3) is 2.90. The maximum atomic E-state index is 12.3. The number of hydrogen-bond donors (Lipinski definition) is 1. The number of allylic oxidation sites excluding steroid dienone is 1. The molecule has 3 rings (SSSR count). The van der Waals surface area contributed by atoms with E-state index in [-0.39, 0.29) is 23.0 Å². The van der Waals surface area contributed by atoms with E-state index in [1.54, 1.807) is 0 Å². The molecule has 1 aliphatic rings. The summed E-state index contributed by atoms with van der Waals surface area (Å²) in [6.45, 7) is 5.62. The van der Waals surface area contributed by atoms with Gasteiger partial charge in [-0.1, -0.05) is 43.2 Å². The number of nitrogens with zero attached hydrogens (tertiary/aromatic N) is 4. The number of carbonyl (C=O) groups excluding carboxylic acids is 2. The van der Waals surface area contributed by atoms with E-state index in [2.05, 4.69) is 34.7 Å². The van der Waals surface area contributed by atoms with Crippen molar-refractivity contribution < 1.29 is 14.3 Å². The second-order valence-electron chi connectivity index (χ2n) is 6.13. The standard InChI is InChI=1S/C17H19N5O3/c1-9(2)11-5-7-12(8-6-11)15-13(10(3)23)14(16(24)25-4)18-17-19-20-21-22(15)17/h5-9,15H,1-4H3,(H,18,19,21). The van der Waals surface area contributed by atoms with Crippen LogP contribution in [0, 0.1) is 0 Å². The Morgan fingerprint density at radius 3 is 2.48 bits per heavy atom. The Balaban J connectivity index is 2.18. The van der Waals surface area contributed by atoms with E-state index >= 15 is 0 Å². The first-order valence-corrected chi connectivity index (χ1v) is 7.92. The fourth-order valence-corrected chi connectivity index (χ4v) is 2.89. The van der Waals surface area contributed by atoms with E-state index in [4.69, 9.17) is 4.74 Å². The van der Waals surface area contributed by atoms with Gasteiger partial charge in [-0.15, -0.1) is 0 Å². The van der Waals surface area contributed by atoms with Crippen molar-refractivity contribution in [3.63, 3.8) is 0 Å². The number of tetrazole rings is 1. The summed E-state index contributed by atoms with van der Waals surface area (Å²) in [5.74, 6) is -0.224. The van der Waals surface area contributed by atoms with Crippen molar-refractivity contribution in [1.29, 1.82) is 0 Å². The fourth-order valence-electron chi connectivity index (χ4n) is 2.89. The van der Waals surface area contributed by atoms with Gasteiger partial charge in [0.15, 0.2) is 5.78 Å². The molecule has 0 saturated heterocycles. The number of anilines is 1. The number of rotatable bonds is 4. The number of benzene rings is 1. The number of methoxy groups -OCH3 is 1. The van der Waals surface area contributed by atoms with Crippen LogP contribution >= 0.6 is 0 Å². The highest BCUT2D eigenvalue weighted by atomic mass is 16.5. The Kier molecular flexibility index (Phi) is 4.35. The Labute approximate surface area is 144 Å². The number of esters is 1. The lowest BCUT2D eigenvalue weighted by Gasteiger charge is -2.27. The smallest absolute Gasteiger partial charge is 0.355 e. The van der Waals surface area contributed by atoms with Crippen LogP contribution in [0.1, 0.15) is 43.9 Å². The third-order valence-corrected chi connectivity index (χ3v) is 4.20. The van der Waals surface area contributed by atoms with Crippen molar-refractivity contribution in [1.82, 2.24) is 20.2 Å². The molecule has 1 aromatic heterocycles. The summed E-state index contributed by atoms with van der Waals surface area (Å²) in [5.41, 5.74) is 2.32. The number of fused-ring (bicyclic) bond motifs is 1. The summed E-state index contributed by atoms with van der Waals surface area (Å²) in [5, 5.41) is 14.3. The molecule has 1 aliphatic heterocycles. The monoisotopic (exact) mass is 341 g/mol. The first-order chi connectivity index (χ1) is 11.9. The quantitative estimate of drug-likeness (QED) is 0.847. The van der Waals surface area contributed by atoms with E-state index in [1.807, 2.05) is 24.3 Å². The van der Waals surface area contributed by atoms with Crippen molar-refractivity contribution in [2.24, 2.45) is 0 Å². The first kappa shape index (κ1) is 16.8. The zero-order valence-corrected chi connectivity index (χ0v) is 14.5. The topological polar surface area (TPSA) is 99.0 Å². The molecule has 0 bridgehead atoms. The van der Waals surface area contributed by atoms with E-state index in [1.165, 1.54) is 24.3 Å². The molecule has 1 unspecified atom stereocenters. The molecule has 130 valence electrons. The highest BCUT2D eigenvalue weighted by Crippen LogP contribution is 2.35. The normalized spacial score (nSPS) is 16.4. The molecule has 1 aromatic carbocycles. The van der Waals surface area contributed by atoms with Crippen molar-refractivity contribution >= 4 is 17.7 Å². The highest BCUT2D eigenvalue weighted by molar-refractivity contribution is 6.05. The van der Waals surface area contributed by atoms with Crippen molar-refractivity contribution in [2.45, 2.75) is 32.7 Å². The van der Waals surface area contributed by atoms with Crippen LogP contribution in [0.2, 0.25) is 0 Å². The van der Waals surface area contributed by atoms with Crippen molar-refractivity contribution in [3.8, 4) is 0 Å². The number of Topliss-reactive ketones (excluding diaryl/α,β-unsaturated/α-hetero) is 1. The van der Waals surface area contributed by atoms with Gasteiger partial charge in [0.1, 0.15) is 11.7 Å². The molecule has 0 saturated carbocycles. The molecule has 25 heavy (non-hydrogen) atoms. The largest absolute Gasteiger partial charge is 0.464 e. The van der Waals surface area contributed by atoms with Crippen LogP contribution in [0.15, 0.2) is 35.5 Å². The summed E-state index contributed by atoms with van der Waals surface area (Å²) < 4.78 is 6.30. The molecule has 0 spiro atoms. The van der Waals surface area contributed by atoms with Crippen LogP contribution in [0.4, 0.5) is 5.95 Å². The minimum Gasteiger partial charge on any atom is -0.464 e. The maximum Gasteiger partial charge on any atom is 0.355 e. The average Bonchev–Trinajstić information content (AvgIpc) is 3.07. The molecule has 2 heterocycles. The lowest BCUT2D eigenvalue weighted by molar-refractivity contribution is -0.136. The van der Waals surface area contributed by atoms with E-state index in [0.717, 1.165) is 5.56 Å². The van der Waals surface area contributed by atoms with Gasteiger partial charge in [0, 0.05) is 0 Å². The van der Waals surface area contributed by atoms with Gasteiger partial charge in [0.2, 0.25) is 5.95 Å².